The Morgan fingerprint density at radius 1 is 1.43 bits per heavy atom. The van der Waals surface area contributed by atoms with E-state index in [2.05, 4.69) is 59.4 Å². The predicted molar refractivity (Wildman–Crippen MR) is 92.6 cm³/mol. The predicted octanol–water partition coefficient (Wildman–Crippen LogP) is 5.65. The third-order valence-electron chi connectivity index (χ3n) is 3.69. The lowest BCUT2D eigenvalue weighted by atomic mass is 9.94. The van der Waals surface area contributed by atoms with Crippen LogP contribution in [0.1, 0.15) is 41.5 Å². The third kappa shape index (κ3) is 3.14. The van der Waals surface area contributed by atoms with Crippen molar-refractivity contribution in [2.45, 2.75) is 32.4 Å². The number of hydrogen-bond donors (Lipinski definition) is 1. The van der Waals surface area contributed by atoms with Gasteiger partial charge in [0.1, 0.15) is 16.2 Å². The number of nitrogens with one attached hydrogen (secondary N) is 1. The molecule has 0 radical (unpaired) electrons. The highest BCUT2D eigenvalue weighted by Crippen LogP contribution is 2.45. The summed E-state index contributed by atoms with van der Waals surface area (Å²) in [6, 6.07) is 8.78. The molecule has 2 atom stereocenters. The lowest BCUT2D eigenvalue weighted by Crippen LogP contribution is -2.28. The van der Waals surface area contributed by atoms with E-state index in [1.54, 1.807) is 11.3 Å². The Bertz CT molecular complexity index is 638. The summed E-state index contributed by atoms with van der Waals surface area (Å²) in [6.45, 7) is 5.20. The maximum Gasteiger partial charge on any atom is 0.135 e. The van der Waals surface area contributed by atoms with Crippen molar-refractivity contribution in [1.82, 2.24) is 5.32 Å². The summed E-state index contributed by atoms with van der Waals surface area (Å²) >= 11 is 11.2. The van der Waals surface area contributed by atoms with Crippen molar-refractivity contribution in [2.24, 2.45) is 0 Å². The van der Waals surface area contributed by atoms with E-state index in [9.17, 15) is 0 Å². The number of rotatable bonds is 3. The molecule has 0 bridgehead atoms. The van der Waals surface area contributed by atoms with E-state index in [4.69, 9.17) is 16.3 Å². The van der Waals surface area contributed by atoms with Gasteiger partial charge < -0.3 is 10.1 Å². The molecule has 0 fully saturated rings. The molecule has 0 spiro atoms. The summed E-state index contributed by atoms with van der Waals surface area (Å²) in [4.78, 5) is 1.17. The average molecular weight is 387 g/mol. The van der Waals surface area contributed by atoms with Crippen molar-refractivity contribution < 1.29 is 4.74 Å². The standard InChI is InChI=1S/C16H17BrClNOS/c1-3-19-12-8-14(15-7-11(17)16(18)21-15)20-13-5-4-9(2)6-10(12)13/h4-7,12,14,19H,3,8H2,1-2H3. The summed E-state index contributed by atoms with van der Waals surface area (Å²) in [5.74, 6) is 0.975. The van der Waals surface area contributed by atoms with E-state index in [0.29, 0.717) is 6.04 Å². The third-order valence-corrected chi connectivity index (χ3v) is 6.26. The SMILES string of the molecule is CCNC1CC(c2cc(Br)c(Cl)s2)Oc2ccc(C)cc21. The van der Waals surface area contributed by atoms with Crippen LogP contribution in [0.2, 0.25) is 4.34 Å². The van der Waals surface area contributed by atoms with Gasteiger partial charge in [-0.15, -0.1) is 11.3 Å². The molecular formula is C16H17BrClNOS. The lowest BCUT2D eigenvalue weighted by molar-refractivity contribution is 0.155. The zero-order valence-electron chi connectivity index (χ0n) is 12.0. The number of thiophene rings is 1. The van der Waals surface area contributed by atoms with Crippen LogP contribution in [0, 0.1) is 6.92 Å². The van der Waals surface area contributed by atoms with Crippen LogP contribution in [-0.4, -0.2) is 6.54 Å². The van der Waals surface area contributed by atoms with Gasteiger partial charge in [0, 0.05) is 27.4 Å². The maximum atomic E-state index is 6.21. The van der Waals surface area contributed by atoms with Gasteiger partial charge in [-0.25, -0.2) is 0 Å². The first-order valence-corrected chi connectivity index (χ1v) is 9.02. The number of halogens is 2. The molecule has 0 aliphatic carbocycles. The number of hydrogen-bond acceptors (Lipinski definition) is 3. The average Bonchev–Trinajstić information content (AvgIpc) is 2.79. The Morgan fingerprint density at radius 3 is 2.90 bits per heavy atom. The number of benzene rings is 1. The van der Waals surface area contributed by atoms with Crippen LogP contribution >= 0.6 is 38.9 Å². The Morgan fingerprint density at radius 2 is 2.24 bits per heavy atom. The second-order valence-electron chi connectivity index (χ2n) is 5.26. The Balaban J connectivity index is 1.95. The molecule has 112 valence electrons. The monoisotopic (exact) mass is 385 g/mol. The van der Waals surface area contributed by atoms with Crippen LogP contribution in [0.25, 0.3) is 0 Å². The van der Waals surface area contributed by atoms with Crippen LogP contribution in [0.5, 0.6) is 5.75 Å². The second-order valence-corrected chi connectivity index (χ2v) is 7.80. The van der Waals surface area contributed by atoms with Crippen LogP contribution in [-0.2, 0) is 0 Å². The summed E-state index contributed by atoms with van der Waals surface area (Å²) < 4.78 is 7.94. The van der Waals surface area contributed by atoms with E-state index in [-0.39, 0.29) is 6.10 Å². The van der Waals surface area contributed by atoms with Crippen molar-refractivity contribution in [3.63, 3.8) is 0 Å². The molecule has 1 aliphatic rings. The fourth-order valence-corrected chi connectivity index (χ4v) is 4.50. The van der Waals surface area contributed by atoms with Crippen molar-refractivity contribution in [2.75, 3.05) is 6.54 Å². The molecule has 3 rings (SSSR count). The quantitative estimate of drug-likeness (QED) is 0.736. The van der Waals surface area contributed by atoms with Gasteiger partial charge in [0.05, 0.1) is 0 Å². The van der Waals surface area contributed by atoms with Gasteiger partial charge in [0.2, 0.25) is 0 Å². The fraction of sp³-hybridized carbons (Fsp3) is 0.375. The Kier molecular flexibility index (Phi) is 4.60. The number of fused-ring (bicyclic) bond motifs is 1. The zero-order valence-corrected chi connectivity index (χ0v) is 15.1. The van der Waals surface area contributed by atoms with Gasteiger partial charge in [0.15, 0.2) is 0 Å². The van der Waals surface area contributed by atoms with Gasteiger partial charge in [-0.05, 0) is 41.5 Å². The molecule has 0 saturated carbocycles. The van der Waals surface area contributed by atoms with Crippen molar-refractivity contribution >= 4 is 38.9 Å². The fourth-order valence-electron chi connectivity index (χ4n) is 2.73. The molecule has 21 heavy (non-hydrogen) atoms. The summed E-state index contributed by atoms with van der Waals surface area (Å²) in [5.41, 5.74) is 2.52. The second kappa shape index (κ2) is 6.29. The van der Waals surface area contributed by atoms with Crippen molar-refractivity contribution in [3.05, 3.63) is 49.1 Å². The molecule has 1 aromatic carbocycles. The normalized spacial score (nSPS) is 21.0. The molecule has 2 aromatic rings. The molecule has 1 N–H and O–H groups in total. The van der Waals surface area contributed by atoms with E-state index in [0.717, 1.165) is 27.5 Å². The van der Waals surface area contributed by atoms with Gasteiger partial charge in [-0.2, -0.15) is 0 Å². The maximum absolute atomic E-state index is 6.21. The minimum atomic E-state index is 0.0538. The molecule has 2 nitrogen and oxygen atoms in total. The lowest BCUT2D eigenvalue weighted by Gasteiger charge is -2.32. The van der Waals surface area contributed by atoms with Gasteiger partial charge in [-0.3, -0.25) is 0 Å². The van der Waals surface area contributed by atoms with Crippen LogP contribution < -0.4 is 10.1 Å². The van der Waals surface area contributed by atoms with E-state index in [1.165, 1.54) is 16.0 Å². The molecule has 0 saturated heterocycles. The number of ether oxygens (including phenoxy) is 1. The summed E-state index contributed by atoms with van der Waals surface area (Å²) in [7, 11) is 0. The van der Waals surface area contributed by atoms with E-state index in [1.807, 2.05) is 0 Å². The topological polar surface area (TPSA) is 21.3 Å². The number of aryl methyl sites for hydroxylation is 1. The van der Waals surface area contributed by atoms with Crippen molar-refractivity contribution in [3.8, 4) is 5.75 Å². The molecule has 1 aromatic heterocycles. The molecule has 2 unspecified atom stereocenters. The van der Waals surface area contributed by atoms with Crippen molar-refractivity contribution in [1.29, 1.82) is 0 Å². The largest absolute Gasteiger partial charge is 0.484 e. The first-order chi connectivity index (χ1) is 10.1. The van der Waals surface area contributed by atoms with E-state index >= 15 is 0 Å². The molecule has 5 heteroatoms. The molecular weight excluding hydrogens is 370 g/mol. The van der Waals surface area contributed by atoms with Gasteiger partial charge in [-0.1, -0.05) is 36.2 Å². The first-order valence-electron chi connectivity index (χ1n) is 7.03. The highest BCUT2D eigenvalue weighted by atomic mass is 79.9. The molecule has 2 heterocycles. The minimum Gasteiger partial charge on any atom is -0.484 e. The van der Waals surface area contributed by atoms with Gasteiger partial charge in [0.25, 0.3) is 0 Å². The summed E-state index contributed by atoms with van der Waals surface area (Å²) in [5, 5.41) is 3.57. The smallest absolute Gasteiger partial charge is 0.135 e. The van der Waals surface area contributed by atoms with Crippen LogP contribution in [0.4, 0.5) is 0 Å². The van der Waals surface area contributed by atoms with Gasteiger partial charge >= 0.3 is 0 Å². The Labute approximate surface area is 142 Å². The van der Waals surface area contributed by atoms with Crippen LogP contribution in [0.15, 0.2) is 28.7 Å². The zero-order chi connectivity index (χ0) is 15.0. The Hall–Kier alpha value is -0.550. The minimum absolute atomic E-state index is 0.0538. The highest BCUT2D eigenvalue weighted by molar-refractivity contribution is 9.10. The molecule has 1 aliphatic heterocycles. The molecule has 0 amide bonds. The summed E-state index contributed by atoms with van der Waals surface area (Å²) in [6.07, 6.45) is 0.978. The highest BCUT2D eigenvalue weighted by Gasteiger charge is 2.30. The van der Waals surface area contributed by atoms with E-state index < -0.39 is 0 Å². The first kappa shape index (κ1) is 15.3. The van der Waals surface area contributed by atoms with Crippen LogP contribution in [0.3, 0.4) is 0 Å².